The van der Waals surface area contributed by atoms with Crippen LogP contribution in [0.5, 0.6) is 0 Å². The van der Waals surface area contributed by atoms with E-state index in [0.29, 0.717) is 16.6 Å². The van der Waals surface area contributed by atoms with E-state index in [2.05, 4.69) is 9.97 Å². The average molecular weight is 307 g/mol. The Morgan fingerprint density at radius 1 is 1.13 bits per heavy atom. The number of anilines is 1. The van der Waals surface area contributed by atoms with Gasteiger partial charge in [0, 0.05) is 31.4 Å². The molecule has 1 aromatic heterocycles. The first kappa shape index (κ1) is 14.8. The third-order valence-corrected chi connectivity index (χ3v) is 3.58. The molecule has 0 fully saturated rings. The summed E-state index contributed by atoms with van der Waals surface area (Å²) in [6.07, 6.45) is 1.38. The van der Waals surface area contributed by atoms with Crippen molar-refractivity contribution >= 4 is 28.6 Å². The predicted molar refractivity (Wildman–Crippen MR) is 93.6 cm³/mol. The summed E-state index contributed by atoms with van der Waals surface area (Å²) in [6, 6.07) is 14.7. The molecular weight excluding hydrogens is 290 g/mol. The molecule has 0 aliphatic heterocycles. The summed E-state index contributed by atoms with van der Waals surface area (Å²) in [5.41, 5.74) is 2.85. The number of aliphatic hydroxyl groups excluding tert-OH is 1. The molecule has 0 atom stereocenters. The number of aromatic nitrogens is 2. The number of aliphatic hydroxyl groups is 1. The standard InChI is InChI=1S/C18H17N3O2/c1-21(2)13-9-7-12(8-10-13)17(22)11-16-18(23)20-15-6-4-3-5-14(15)19-16/h3-11,22H,1-2H3,(H,20,23)/b17-11-. The monoisotopic (exact) mass is 307 g/mol. The van der Waals surface area contributed by atoms with Gasteiger partial charge in [-0.1, -0.05) is 12.1 Å². The van der Waals surface area contributed by atoms with Crippen molar-refractivity contribution in [3.63, 3.8) is 0 Å². The second-order valence-electron chi connectivity index (χ2n) is 5.44. The second kappa shape index (κ2) is 5.96. The minimum atomic E-state index is -0.333. The van der Waals surface area contributed by atoms with Crippen LogP contribution in [0.25, 0.3) is 22.9 Å². The third kappa shape index (κ3) is 3.08. The molecule has 116 valence electrons. The number of benzene rings is 2. The molecule has 3 aromatic rings. The van der Waals surface area contributed by atoms with Crippen molar-refractivity contribution in [3.8, 4) is 0 Å². The van der Waals surface area contributed by atoms with Crippen molar-refractivity contribution < 1.29 is 5.11 Å². The molecular formula is C18H17N3O2. The number of fused-ring (bicyclic) bond motifs is 1. The highest BCUT2D eigenvalue weighted by atomic mass is 16.3. The van der Waals surface area contributed by atoms with Crippen LogP contribution in [-0.4, -0.2) is 29.2 Å². The SMILES string of the molecule is CN(C)c1ccc(/C(O)=C/c2nc3ccccc3[nH]c2=O)cc1. The summed E-state index contributed by atoms with van der Waals surface area (Å²) in [7, 11) is 3.90. The lowest BCUT2D eigenvalue weighted by atomic mass is 10.1. The summed E-state index contributed by atoms with van der Waals surface area (Å²) in [4.78, 5) is 21.1. The van der Waals surface area contributed by atoms with Gasteiger partial charge in [-0.3, -0.25) is 4.79 Å². The summed E-state index contributed by atoms with van der Waals surface area (Å²) >= 11 is 0. The first-order valence-corrected chi connectivity index (χ1v) is 7.22. The minimum absolute atomic E-state index is 0.00332. The van der Waals surface area contributed by atoms with Gasteiger partial charge >= 0.3 is 0 Å². The zero-order valence-corrected chi connectivity index (χ0v) is 12.9. The fourth-order valence-corrected chi connectivity index (χ4v) is 2.28. The Labute approximate surface area is 133 Å². The van der Waals surface area contributed by atoms with Crippen molar-refractivity contribution in [1.29, 1.82) is 0 Å². The zero-order valence-electron chi connectivity index (χ0n) is 12.9. The largest absolute Gasteiger partial charge is 0.507 e. The van der Waals surface area contributed by atoms with Crippen LogP contribution in [0.15, 0.2) is 53.3 Å². The molecule has 23 heavy (non-hydrogen) atoms. The molecule has 0 amide bonds. The molecule has 3 rings (SSSR count). The molecule has 0 bridgehead atoms. The summed E-state index contributed by atoms with van der Waals surface area (Å²) in [6.45, 7) is 0. The van der Waals surface area contributed by atoms with Gasteiger partial charge in [0.05, 0.1) is 11.0 Å². The van der Waals surface area contributed by atoms with E-state index in [0.717, 1.165) is 5.69 Å². The van der Waals surface area contributed by atoms with Crippen molar-refractivity contribution in [2.24, 2.45) is 0 Å². The highest BCUT2D eigenvalue weighted by molar-refractivity contribution is 5.79. The molecule has 2 aromatic carbocycles. The van der Waals surface area contributed by atoms with Gasteiger partial charge in [0.2, 0.25) is 0 Å². The Kier molecular flexibility index (Phi) is 3.85. The molecule has 0 saturated heterocycles. The smallest absolute Gasteiger partial charge is 0.274 e. The van der Waals surface area contributed by atoms with Crippen LogP contribution in [0.1, 0.15) is 11.3 Å². The Morgan fingerprint density at radius 2 is 1.83 bits per heavy atom. The number of aromatic amines is 1. The fourth-order valence-electron chi connectivity index (χ4n) is 2.28. The lowest BCUT2D eigenvalue weighted by molar-refractivity contribution is 0.515. The second-order valence-corrected chi connectivity index (χ2v) is 5.44. The number of H-pyrrole nitrogens is 1. The fraction of sp³-hybridized carbons (Fsp3) is 0.111. The topological polar surface area (TPSA) is 69.2 Å². The Morgan fingerprint density at radius 3 is 2.52 bits per heavy atom. The van der Waals surface area contributed by atoms with Crippen molar-refractivity contribution in [1.82, 2.24) is 9.97 Å². The maximum absolute atomic E-state index is 12.1. The number of hydrogen-bond donors (Lipinski definition) is 2. The zero-order chi connectivity index (χ0) is 16.4. The first-order valence-electron chi connectivity index (χ1n) is 7.22. The minimum Gasteiger partial charge on any atom is -0.507 e. The quantitative estimate of drug-likeness (QED) is 0.730. The van der Waals surface area contributed by atoms with Crippen molar-refractivity contribution in [2.45, 2.75) is 0 Å². The lowest BCUT2D eigenvalue weighted by Crippen LogP contribution is -2.12. The Balaban J connectivity index is 2.00. The van der Waals surface area contributed by atoms with Crippen LogP contribution in [0.2, 0.25) is 0 Å². The molecule has 5 nitrogen and oxygen atoms in total. The van der Waals surface area contributed by atoms with E-state index in [1.165, 1.54) is 6.08 Å². The van der Waals surface area contributed by atoms with E-state index in [1.807, 2.05) is 49.3 Å². The highest BCUT2D eigenvalue weighted by Gasteiger charge is 2.06. The number of nitrogens with one attached hydrogen (secondary N) is 1. The van der Waals surface area contributed by atoms with E-state index in [9.17, 15) is 9.90 Å². The molecule has 5 heteroatoms. The summed E-state index contributed by atoms with van der Waals surface area (Å²) < 4.78 is 0. The number of nitrogens with zero attached hydrogens (tertiary/aromatic N) is 2. The van der Waals surface area contributed by atoms with E-state index in [1.54, 1.807) is 18.2 Å². The molecule has 1 heterocycles. The average Bonchev–Trinajstić information content (AvgIpc) is 2.55. The maximum atomic E-state index is 12.1. The Hall–Kier alpha value is -3.08. The summed E-state index contributed by atoms with van der Waals surface area (Å²) in [5, 5.41) is 10.3. The van der Waals surface area contributed by atoms with E-state index in [4.69, 9.17) is 0 Å². The van der Waals surface area contributed by atoms with Crippen LogP contribution in [0.3, 0.4) is 0 Å². The van der Waals surface area contributed by atoms with E-state index in [-0.39, 0.29) is 17.0 Å². The van der Waals surface area contributed by atoms with Crippen molar-refractivity contribution in [2.75, 3.05) is 19.0 Å². The van der Waals surface area contributed by atoms with Gasteiger partial charge in [0.1, 0.15) is 11.5 Å². The van der Waals surface area contributed by atoms with Gasteiger partial charge in [0.25, 0.3) is 5.56 Å². The van der Waals surface area contributed by atoms with Gasteiger partial charge in [-0.15, -0.1) is 0 Å². The number of hydrogen-bond acceptors (Lipinski definition) is 4. The van der Waals surface area contributed by atoms with Gasteiger partial charge in [-0.05, 0) is 36.4 Å². The Bertz CT molecular complexity index is 925. The molecule has 0 unspecified atom stereocenters. The lowest BCUT2D eigenvalue weighted by Gasteiger charge is -2.12. The predicted octanol–water partition coefficient (Wildman–Crippen LogP) is 3.05. The molecule has 0 saturated carbocycles. The third-order valence-electron chi connectivity index (χ3n) is 3.58. The molecule has 2 N–H and O–H groups in total. The normalized spacial score (nSPS) is 11.7. The molecule has 0 aliphatic carbocycles. The van der Waals surface area contributed by atoms with E-state index < -0.39 is 0 Å². The van der Waals surface area contributed by atoms with Crippen molar-refractivity contribution in [3.05, 3.63) is 70.1 Å². The van der Waals surface area contributed by atoms with E-state index >= 15 is 0 Å². The summed E-state index contributed by atoms with van der Waals surface area (Å²) in [5.74, 6) is 0.00332. The van der Waals surface area contributed by atoms with Gasteiger partial charge < -0.3 is 15.0 Å². The van der Waals surface area contributed by atoms with Crippen LogP contribution < -0.4 is 10.5 Å². The highest BCUT2D eigenvalue weighted by Crippen LogP contribution is 2.18. The van der Waals surface area contributed by atoms with Gasteiger partial charge in [-0.25, -0.2) is 4.98 Å². The van der Waals surface area contributed by atoms with Gasteiger partial charge in [0.15, 0.2) is 0 Å². The number of rotatable bonds is 3. The molecule has 0 spiro atoms. The molecule has 0 aliphatic rings. The van der Waals surface area contributed by atoms with Gasteiger partial charge in [-0.2, -0.15) is 0 Å². The maximum Gasteiger partial charge on any atom is 0.274 e. The van der Waals surface area contributed by atoms with Crippen LogP contribution in [-0.2, 0) is 0 Å². The van der Waals surface area contributed by atoms with Crippen LogP contribution in [0.4, 0.5) is 5.69 Å². The number of para-hydroxylation sites is 2. The van der Waals surface area contributed by atoms with Crippen LogP contribution in [0, 0.1) is 0 Å². The molecule has 0 radical (unpaired) electrons. The van der Waals surface area contributed by atoms with Crippen LogP contribution >= 0.6 is 0 Å². The first-order chi connectivity index (χ1) is 11.0.